The molecule has 1 amide bonds. The van der Waals surface area contributed by atoms with Crippen molar-refractivity contribution in [2.45, 2.75) is 51.0 Å². The Bertz CT molecular complexity index is 427. The summed E-state index contributed by atoms with van der Waals surface area (Å²) in [5, 5.41) is 0.760. The van der Waals surface area contributed by atoms with Gasteiger partial charge in [-0.15, -0.1) is 0 Å². The van der Waals surface area contributed by atoms with Crippen LogP contribution in [0.25, 0.3) is 0 Å². The van der Waals surface area contributed by atoms with E-state index < -0.39 is 0 Å². The van der Waals surface area contributed by atoms with E-state index in [1.165, 1.54) is 19.3 Å². The lowest BCUT2D eigenvalue weighted by Crippen LogP contribution is -2.38. The Kier molecular flexibility index (Phi) is 5.26. The van der Waals surface area contributed by atoms with E-state index in [4.69, 9.17) is 11.6 Å². The SMILES string of the molecule is CN(C(=O)CCc1ccccc1Cl)C1CCCCC1. The van der Waals surface area contributed by atoms with Gasteiger partial charge in [0.05, 0.1) is 0 Å². The lowest BCUT2D eigenvalue weighted by molar-refractivity contribution is -0.132. The minimum atomic E-state index is 0.242. The molecule has 0 saturated heterocycles. The summed E-state index contributed by atoms with van der Waals surface area (Å²) in [6, 6.07) is 8.22. The number of hydrogen-bond acceptors (Lipinski definition) is 1. The zero-order chi connectivity index (χ0) is 13.7. The van der Waals surface area contributed by atoms with Crippen LogP contribution >= 0.6 is 11.6 Å². The minimum absolute atomic E-state index is 0.242. The number of amides is 1. The summed E-state index contributed by atoms with van der Waals surface area (Å²) in [6.45, 7) is 0. The summed E-state index contributed by atoms with van der Waals surface area (Å²) >= 11 is 6.11. The van der Waals surface area contributed by atoms with Crippen LogP contribution in [0.5, 0.6) is 0 Å². The van der Waals surface area contributed by atoms with Crippen molar-refractivity contribution >= 4 is 17.5 Å². The zero-order valence-electron chi connectivity index (χ0n) is 11.6. The van der Waals surface area contributed by atoms with Crippen molar-refractivity contribution in [3.05, 3.63) is 34.9 Å². The first-order valence-electron chi connectivity index (χ1n) is 7.17. The van der Waals surface area contributed by atoms with Crippen molar-refractivity contribution in [3.8, 4) is 0 Å². The highest BCUT2D eigenvalue weighted by Crippen LogP contribution is 2.23. The number of nitrogens with zero attached hydrogens (tertiary/aromatic N) is 1. The van der Waals surface area contributed by atoms with Crippen LogP contribution in [0.2, 0.25) is 5.02 Å². The van der Waals surface area contributed by atoms with E-state index in [9.17, 15) is 4.79 Å². The number of carbonyl (C=O) groups is 1. The molecule has 1 aliphatic carbocycles. The maximum Gasteiger partial charge on any atom is 0.222 e. The Morgan fingerprint density at radius 3 is 2.63 bits per heavy atom. The monoisotopic (exact) mass is 279 g/mol. The van der Waals surface area contributed by atoms with Crippen LogP contribution < -0.4 is 0 Å². The van der Waals surface area contributed by atoms with Crippen LogP contribution in [0.1, 0.15) is 44.1 Å². The van der Waals surface area contributed by atoms with Crippen molar-refractivity contribution < 1.29 is 4.79 Å². The molecule has 0 aromatic heterocycles. The van der Waals surface area contributed by atoms with Crippen molar-refractivity contribution in [2.24, 2.45) is 0 Å². The van der Waals surface area contributed by atoms with Gasteiger partial charge in [0.25, 0.3) is 0 Å². The van der Waals surface area contributed by atoms with E-state index in [0.29, 0.717) is 12.5 Å². The largest absolute Gasteiger partial charge is 0.343 e. The number of rotatable bonds is 4. The normalized spacial score (nSPS) is 16.3. The third-order valence-corrected chi connectivity index (χ3v) is 4.45. The van der Waals surface area contributed by atoms with Gasteiger partial charge in [-0.05, 0) is 30.9 Å². The Morgan fingerprint density at radius 1 is 1.26 bits per heavy atom. The van der Waals surface area contributed by atoms with Crippen LogP contribution in [0.3, 0.4) is 0 Å². The molecule has 1 aromatic carbocycles. The van der Waals surface area contributed by atoms with Gasteiger partial charge in [-0.1, -0.05) is 49.1 Å². The highest BCUT2D eigenvalue weighted by Gasteiger charge is 2.21. The van der Waals surface area contributed by atoms with Gasteiger partial charge in [0, 0.05) is 24.5 Å². The molecule has 0 spiro atoms. The van der Waals surface area contributed by atoms with Gasteiger partial charge in [-0.25, -0.2) is 0 Å². The maximum absolute atomic E-state index is 12.2. The van der Waals surface area contributed by atoms with Gasteiger partial charge < -0.3 is 4.90 Å². The fourth-order valence-corrected chi connectivity index (χ4v) is 3.02. The number of halogens is 1. The fourth-order valence-electron chi connectivity index (χ4n) is 2.79. The minimum Gasteiger partial charge on any atom is -0.343 e. The molecular weight excluding hydrogens is 258 g/mol. The van der Waals surface area contributed by atoms with E-state index in [0.717, 1.165) is 29.8 Å². The molecule has 0 bridgehead atoms. The van der Waals surface area contributed by atoms with Gasteiger partial charge in [0.1, 0.15) is 0 Å². The smallest absolute Gasteiger partial charge is 0.222 e. The third kappa shape index (κ3) is 3.97. The molecule has 1 aliphatic rings. The molecule has 2 nitrogen and oxygen atoms in total. The molecule has 1 fully saturated rings. The van der Waals surface area contributed by atoms with E-state index in [-0.39, 0.29) is 5.91 Å². The van der Waals surface area contributed by atoms with Crippen molar-refractivity contribution in [3.63, 3.8) is 0 Å². The average molecular weight is 280 g/mol. The Morgan fingerprint density at radius 2 is 1.95 bits per heavy atom. The summed E-state index contributed by atoms with van der Waals surface area (Å²) in [6.07, 6.45) is 7.44. The third-order valence-electron chi connectivity index (χ3n) is 4.08. The van der Waals surface area contributed by atoms with E-state index >= 15 is 0 Å². The molecule has 1 aromatic rings. The highest BCUT2D eigenvalue weighted by atomic mass is 35.5. The van der Waals surface area contributed by atoms with Gasteiger partial charge >= 0.3 is 0 Å². The van der Waals surface area contributed by atoms with Crippen molar-refractivity contribution in [2.75, 3.05) is 7.05 Å². The van der Waals surface area contributed by atoms with Crippen molar-refractivity contribution in [1.82, 2.24) is 4.90 Å². The lowest BCUT2D eigenvalue weighted by atomic mass is 9.94. The number of carbonyl (C=O) groups excluding carboxylic acids is 1. The van der Waals surface area contributed by atoms with E-state index in [1.807, 2.05) is 36.2 Å². The van der Waals surface area contributed by atoms with Gasteiger partial charge in [0.2, 0.25) is 5.91 Å². The Hall–Kier alpha value is -1.02. The molecule has 0 radical (unpaired) electrons. The Labute approximate surface area is 120 Å². The van der Waals surface area contributed by atoms with Crippen LogP contribution in [0.4, 0.5) is 0 Å². The van der Waals surface area contributed by atoms with Crippen LogP contribution in [-0.4, -0.2) is 23.9 Å². The number of aryl methyl sites for hydroxylation is 1. The van der Waals surface area contributed by atoms with Gasteiger partial charge in [0.15, 0.2) is 0 Å². The molecule has 0 heterocycles. The summed E-state index contributed by atoms with van der Waals surface area (Å²) in [4.78, 5) is 14.2. The van der Waals surface area contributed by atoms with Gasteiger partial charge in [-0.2, -0.15) is 0 Å². The van der Waals surface area contributed by atoms with E-state index in [1.54, 1.807) is 0 Å². The predicted octanol–water partition coefficient (Wildman–Crippen LogP) is 4.06. The molecule has 0 aliphatic heterocycles. The summed E-state index contributed by atoms with van der Waals surface area (Å²) in [5.74, 6) is 0.242. The summed E-state index contributed by atoms with van der Waals surface area (Å²) < 4.78 is 0. The summed E-state index contributed by atoms with van der Waals surface area (Å²) in [5.41, 5.74) is 1.06. The average Bonchev–Trinajstić information content (AvgIpc) is 2.46. The molecule has 0 unspecified atom stereocenters. The van der Waals surface area contributed by atoms with E-state index in [2.05, 4.69) is 0 Å². The predicted molar refractivity (Wildman–Crippen MR) is 79.4 cm³/mol. The first kappa shape index (κ1) is 14.4. The lowest BCUT2D eigenvalue weighted by Gasteiger charge is -2.31. The molecule has 0 atom stereocenters. The molecular formula is C16H22ClNO. The fraction of sp³-hybridized carbons (Fsp3) is 0.562. The van der Waals surface area contributed by atoms with Crippen LogP contribution in [0, 0.1) is 0 Å². The number of benzene rings is 1. The highest BCUT2D eigenvalue weighted by molar-refractivity contribution is 6.31. The molecule has 3 heteroatoms. The first-order valence-corrected chi connectivity index (χ1v) is 7.55. The molecule has 2 rings (SSSR count). The summed E-state index contributed by atoms with van der Waals surface area (Å²) in [7, 11) is 1.95. The zero-order valence-corrected chi connectivity index (χ0v) is 12.3. The van der Waals surface area contributed by atoms with Gasteiger partial charge in [-0.3, -0.25) is 4.79 Å². The topological polar surface area (TPSA) is 20.3 Å². The second-order valence-electron chi connectivity index (χ2n) is 5.39. The van der Waals surface area contributed by atoms with Crippen LogP contribution in [0.15, 0.2) is 24.3 Å². The first-order chi connectivity index (χ1) is 9.18. The second-order valence-corrected chi connectivity index (χ2v) is 5.80. The van der Waals surface area contributed by atoms with Crippen molar-refractivity contribution in [1.29, 1.82) is 0 Å². The molecule has 104 valence electrons. The quantitative estimate of drug-likeness (QED) is 0.814. The standard InChI is InChI=1S/C16H22ClNO/c1-18(14-8-3-2-4-9-14)16(19)12-11-13-7-5-6-10-15(13)17/h5-7,10,14H,2-4,8-9,11-12H2,1H3. The Balaban J connectivity index is 1.85. The number of hydrogen-bond donors (Lipinski definition) is 0. The molecule has 0 N–H and O–H groups in total. The second kappa shape index (κ2) is 6.95. The van der Waals surface area contributed by atoms with Crippen LogP contribution in [-0.2, 0) is 11.2 Å². The molecule has 19 heavy (non-hydrogen) atoms. The maximum atomic E-state index is 12.2. The molecule has 1 saturated carbocycles.